The van der Waals surface area contributed by atoms with Crippen molar-refractivity contribution in [1.82, 2.24) is 29.9 Å². The van der Waals surface area contributed by atoms with Gasteiger partial charge < -0.3 is 9.97 Å². The second-order valence-electron chi connectivity index (χ2n) is 26.2. The molecule has 0 amide bonds. The van der Waals surface area contributed by atoms with Crippen molar-refractivity contribution in [2.24, 2.45) is 0 Å². The van der Waals surface area contributed by atoms with Crippen LogP contribution in [0.25, 0.3) is 136 Å². The minimum atomic E-state index is -0.699. The summed E-state index contributed by atoms with van der Waals surface area (Å²) in [6.45, 7) is 8.70. The molecule has 7 aromatic carbocycles. The summed E-state index contributed by atoms with van der Waals surface area (Å²) in [4.78, 5) is 30.9. The molecule has 6 nitrogen and oxygen atoms in total. The van der Waals surface area contributed by atoms with Crippen LogP contribution in [0.5, 0.6) is 0 Å². The number of rotatable bonds is 14. The maximum atomic E-state index is 5.83. The fraction of sp³-hybridized carbons (Fsp3) is 0.158. The molecule has 0 saturated heterocycles. The van der Waals surface area contributed by atoms with Gasteiger partial charge in [-0.1, -0.05) is 216 Å². The van der Waals surface area contributed by atoms with E-state index in [-0.39, 0.29) is 27.1 Å². The van der Waals surface area contributed by atoms with Crippen LogP contribution < -0.4 is 0 Å². The Hall–Kier alpha value is -13.0. The average molecular weight is 1330 g/mol. The largest absolute Gasteiger partial charge is 0.355 e. The molecule has 0 spiro atoms. The smallest absolute Gasteiger partial charge is 0.0977 e. The van der Waals surface area contributed by atoms with Gasteiger partial charge in [-0.15, -0.1) is 12.8 Å². The summed E-state index contributed by atoms with van der Waals surface area (Å²) in [7, 11) is 0. The predicted molar refractivity (Wildman–Crippen MR) is 458 cm³/mol. The van der Waals surface area contributed by atoms with Crippen molar-refractivity contribution in [1.29, 1.82) is 0 Å². The molecule has 4 aliphatic rings. The van der Waals surface area contributed by atoms with Gasteiger partial charge in [0.25, 0.3) is 0 Å². The maximum absolute atomic E-state index is 5.83. The van der Waals surface area contributed by atoms with Crippen LogP contribution in [0.4, 0.5) is 0 Å². The summed E-state index contributed by atoms with van der Waals surface area (Å²) in [5.41, 5.74) is 27.0. The molecular weight excluding hydrogens is 1230 g/mol. The van der Waals surface area contributed by atoms with Crippen LogP contribution in [-0.4, -0.2) is 29.9 Å². The van der Waals surface area contributed by atoms with Crippen LogP contribution in [0, 0.1) is 110 Å². The fourth-order valence-corrected chi connectivity index (χ4v) is 15.1. The van der Waals surface area contributed by atoms with E-state index in [0.29, 0.717) is 0 Å². The van der Waals surface area contributed by atoms with Gasteiger partial charge in [-0.2, -0.15) is 0 Å². The van der Waals surface area contributed by atoms with E-state index in [1.165, 1.54) is 49.7 Å². The number of nitrogens with one attached hydrogen (secondary N) is 2. The summed E-state index contributed by atoms with van der Waals surface area (Å²) in [5, 5.41) is 0. The highest BCUT2D eigenvalue weighted by molar-refractivity contribution is 6.05. The minimum Gasteiger partial charge on any atom is -0.355 e. The molecule has 2 atom stereocenters. The highest BCUT2D eigenvalue weighted by Gasteiger charge is 2.43. The van der Waals surface area contributed by atoms with Crippen LogP contribution in [-0.2, 0) is 10.8 Å². The SMILES string of the molecule is C#CC#CC#CC#CC#CC1(CCCCCCCCCC)c2ccccc2-c2ccc(-c3c4nc(c(C)c5ccc([nH]5)c(-c5ccc6c(c5)C(C)(C#CC#CC#C)c5ccccc5-6)c5nc(c(-c6ccc(C)c7nc(-c8ccccc8)c(-c8ccccc8)nc67)c6ccc3[nH]6)C=C5)C=C4)cc21.[HH].[HH].[HH].[HH].[HH].[HH].[HH].[HH].[HH].[HH].[HH].[HH].[HH].[HH].[HH].[HH].[HH].[HH].[HH]. The van der Waals surface area contributed by atoms with Gasteiger partial charge in [-0.25, -0.2) is 19.9 Å². The lowest BCUT2D eigenvalue weighted by atomic mass is 9.74. The lowest BCUT2D eigenvalue weighted by Gasteiger charge is -2.27. The molecule has 516 valence electrons. The van der Waals surface area contributed by atoms with E-state index in [1.807, 2.05) is 12.1 Å². The third-order valence-electron chi connectivity index (χ3n) is 20.1. The van der Waals surface area contributed by atoms with Crippen molar-refractivity contribution in [3.8, 4) is 174 Å². The highest BCUT2D eigenvalue weighted by Crippen LogP contribution is 2.54. The molecule has 4 aromatic heterocycles. The van der Waals surface area contributed by atoms with Crippen molar-refractivity contribution in [2.75, 3.05) is 0 Å². The van der Waals surface area contributed by atoms with Crippen LogP contribution in [0.15, 0.2) is 182 Å². The van der Waals surface area contributed by atoms with Gasteiger partial charge in [0.1, 0.15) is 0 Å². The lowest BCUT2D eigenvalue weighted by molar-refractivity contribution is 0.520. The summed E-state index contributed by atoms with van der Waals surface area (Å²) >= 11 is 0. The Morgan fingerprint density at radius 2 is 0.832 bits per heavy atom. The number of fused-ring (bicyclic) bond motifs is 15. The molecule has 0 saturated carbocycles. The molecule has 6 heteroatoms. The molecular formula is C95H106N6. The molecule has 8 bridgehead atoms. The summed E-state index contributed by atoms with van der Waals surface area (Å²) in [6.07, 6.45) is 29.9. The van der Waals surface area contributed by atoms with Gasteiger partial charge in [0.2, 0.25) is 0 Å². The zero-order chi connectivity index (χ0) is 68.9. The molecule has 2 aliphatic heterocycles. The van der Waals surface area contributed by atoms with E-state index < -0.39 is 10.8 Å². The molecule has 15 rings (SSSR count). The van der Waals surface area contributed by atoms with E-state index in [1.54, 1.807) is 0 Å². The highest BCUT2D eigenvalue weighted by atomic mass is 14.8. The van der Waals surface area contributed by atoms with Crippen LogP contribution in [0.3, 0.4) is 0 Å². The molecule has 101 heavy (non-hydrogen) atoms. The van der Waals surface area contributed by atoms with Crippen molar-refractivity contribution in [3.63, 3.8) is 0 Å². The van der Waals surface area contributed by atoms with E-state index >= 15 is 0 Å². The number of hydrogen-bond donors (Lipinski definition) is 2. The molecule has 6 heterocycles. The maximum Gasteiger partial charge on any atom is 0.0977 e. The first-order valence-electron chi connectivity index (χ1n) is 34.7. The molecule has 2 N–H and O–H groups in total. The Labute approximate surface area is 620 Å². The Kier molecular flexibility index (Phi) is 17.6. The Morgan fingerprint density at radius 3 is 1.48 bits per heavy atom. The first-order chi connectivity index (χ1) is 49.7. The number of unbranched alkanes of at least 4 members (excludes halogenated alkanes) is 7. The number of aryl methyl sites for hydroxylation is 2. The van der Waals surface area contributed by atoms with Crippen LogP contribution in [0.2, 0.25) is 0 Å². The van der Waals surface area contributed by atoms with Gasteiger partial charge >= 0.3 is 0 Å². The number of aromatic amines is 2. The quantitative estimate of drug-likeness (QED) is 0.0839. The number of benzene rings is 7. The first-order valence-corrected chi connectivity index (χ1v) is 34.7. The van der Waals surface area contributed by atoms with Crippen molar-refractivity contribution >= 4 is 57.4 Å². The number of nitrogens with zero attached hydrogens (tertiary/aromatic N) is 4. The molecule has 2 unspecified atom stereocenters. The van der Waals surface area contributed by atoms with E-state index in [4.69, 9.17) is 32.8 Å². The number of hydrogen-bond acceptors (Lipinski definition) is 4. The minimum absolute atomic E-state index is 0. The van der Waals surface area contributed by atoms with E-state index in [0.717, 1.165) is 176 Å². The second-order valence-corrected chi connectivity index (χ2v) is 26.2. The zero-order valence-corrected chi connectivity index (χ0v) is 56.9. The van der Waals surface area contributed by atoms with Crippen molar-refractivity contribution in [2.45, 2.75) is 96.3 Å². The molecule has 0 radical (unpaired) electrons. The van der Waals surface area contributed by atoms with Gasteiger partial charge in [0.05, 0.1) is 56.0 Å². The standard InChI is InChI=1S/C95H68N6.19H2/c1-7-10-13-16-18-20-22-35-60-95(61-36-23-21-19-17-14-11-8-2)76-44-33-31-42-71(76)73-50-47-69(63-78(73)95)88-82-54-52-80(97-82)65(5)79-51-53-81(96-79)87(68-46-49-72-70-41-30-32-43-75(70)94(6,77(72)62-68)59-34-15-12-9-3)83-55-57-85(98-83)89(86-58-56-84(88)99-86)74-48-45-64(4)90-93(74)101-92(67-39-28-25-29-40-67)91(100-90)66-37-26-24-27-38-66;;;;;;;;;;;;;;;;;;;/h1,3,24-33,37-58,62-63,96,99H,8,11,14,17,19,21,23,36,61H2,2,4-6H3;19*1H. The average Bonchev–Trinajstić information content (AvgIpc) is 1.57. The zero-order valence-electron chi connectivity index (χ0n) is 56.9. The third-order valence-corrected chi connectivity index (χ3v) is 20.1. The number of H-pyrrole nitrogens is 2. The summed E-state index contributed by atoms with van der Waals surface area (Å²) < 4.78 is 0. The fourth-order valence-electron chi connectivity index (χ4n) is 15.1. The van der Waals surface area contributed by atoms with E-state index in [9.17, 15) is 0 Å². The summed E-state index contributed by atoms with van der Waals surface area (Å²) in [6, 6.07) is 64.7. The second kappa shape index (κ2) is 27.8. The van der Waals surface area contributed by atoms with Crippen molar-refractivity contribution < 1.29 is 27.1 Å². The van der Waals surface area contributed by atoms with E-state index in [2.05, 4.69) is 315 Å². The van der Waals surface area contributed by atoms with Crippen molar-refractivity contribution in [3.05, 3.63) is 238 Å². The third kappa shape index (κ3) is 12.0. The number of aromatic nitrogens is 6. The number of terminal acetylenes is 2. The van der Waals surface area contributed by atoms with Gasteiger partial charge in [0.15, 0.2) is 0 Å². The topological polar surface area (TPSA) is 83.1 Å². The molecule has 11 aromatic rings. The normalized spacial score (nSPS) is 14.4. The van der Waals surface area contributed by atoms with Gasteiger partial charge in [-0.05, 0) is 226 Å². The predicted octanol–water partition coefficient (Wildman–Crippen LogP) is 25.6. The van der Waals surface area contributed by atoms with Crippen LogP contribution >= 0.6 is 0 Å². The van der Waals surface area contributed by atoms with Gasteiger partial charge in [0, 0.05) is 82.6 Å². The van der Waals surface area contributed by atoms with Crippen LogP contribution in [0.1, 0.15) is 155 Å². The molecule has 0 fully saturated rings. The Bertz CT molecular complexity index is 6080. The Morgan fingerprint density at radius 1 is 0.376 bits per heavy atom. The monoisotopic (exact) mass is 1330 g/mol. The first kappa shape index (κ1) is 64.0. The van der Waals surface area contributed by atoms with Gasteiger partial charge in [-0.3, -0.25) is 0 Å². The Balaban J connectivity index is -0.00000232. The summed E-state index contributed by atoms with van der Waals surface area (Å²) in [5.74, 6) is 40.9. The lowest BCUT2D eigenvalue weighted by Crippen LogP contribution is -2.23. The molecule has 2 aliphatic carbocycles.